The second kappa shape index (κ2) is 14.8. The molecule has 1 N–H and O–H groups in total. The highest BCUT2D eigenvalue weighted by Gasteiger charge is 2.30. The van der Waals surface area contributed by atoms with Crippen molar-refractivity contribution >= 4 is 35.0 Å². The number of nitrogens with zero attached hydrogens (tertiary/aromatic N) is 1. The highest BCUT2D eigenvalue weighted by Crippen LogP contribution is 2.29. The maximum absolute atomic E-state index is 13.9. The van der Waals surface area contributed by atoms with Crippen molar-refractivity contribution in [2.75, 3.05) is 20.8 Å². The number of hydrogen-bond donors (Lipinski definition) is 1. The molecule has 0 bridgehead atoms. The zero-order valence-corrected chi connectivity index (χ0v) is 24.4. The van der Waals surface area contributed by atoms with Crippen molar-refractivity contribution in [3.05, 3.63) is 93.5 Å². The molecule has 0 radical (unpaired) electrons. The first-order chi connectivity index (χ1) is 18.7. The number of halogens is 2. The molecular weight excluding hydrogens is 535 g/mol. The fourth-order valence-electron chi connectivity index (χ4n) is 4.24. The molecule has 3 aromatic rings. The van der Waals surface area contributed by atoms with Crippen LogP contribution in [0.5, 0.6) is 11.5 Å². The summed E-state index contributed by atoms with van der Waals surface area (Å²) in [6.07, 6.45) is 1.04. The lowest BCUT2D eigenvalue weighted by Gasteiger charge is -2.32. The lowest BCUT2D eigenvalue weighted by atomic mass is 10.0. The topological polar surface area (TPSA) is 67.9 Å². The van der Waals surface area contributed by atoms with Gasteiger partial charge in [0.2, 0.25) is 11.8 Å². The van der Waals surface area contributed by atoms with Gasteiger partial charge in [-0.25, -0.2) is 0 Å². The molecule has 2 amide bonds. The average Bonchev–Trinajstić information content (AvgIpc) is 2.93. The van der Waals surface area contributed by atoms with Crippen molar-refractivity contribution in [1.82, 2.24) is 10.2 Å². The van der Waals surface area contributed by atoms with Gasteiger partial charge in [-0.3, -0.25) is 9.59 Å². The lowest BCUT2D eigenvalue weighted by molar-refractivity contribution is -0.141. The number of benzene rings is 3. The molecule has 8 heteroatoms. The number of aryl methyl sites for hydroxylation is 1. The van der Waals surface area contributed by atoms with Crippen molar-refractivity contribution < 1.29 is 19.1 Å². The Kier molecular flexibility index (Phi) is 11.5. The quantitative estimate of drug-likeness (QED) is 0.260. The van der Waals surface area contributed by atoms with Crippen LogP contribution in [0.25, 0.3) is 0 Å². The van der Waals surface area contributed by atoms with E-state index in [2.05, 4.69) is 5.32 Å². The third-order valence-electron chi connectivity index (χ3n) is 6.39. The molecule has 6 nitrogen and oxygen atoms in total. The number of carbonyl (C=O) groups is 2. The molecule has 0 aromatic heterocycles. The van der Waals surface area contributed by atoms with Crippen molar-refractivity contribution in [1.29, 1.82) is 0 Å². The summed E-state index contributed by atoms with van der Waals surface area (Å²) in [5.41, 5.74) is 2.60. The predicted molar refractivity (Wildman–Crippen MR) is 157 cm³/mol. The molecule has 3 rings (SSSR count). The first-order valence-corrected chi connectivity index (χ1v) is 13.7. The van der Waals surface area contributed by atoms with Gasteiger partial charge < -0.3 is 19.7 Å². The SMILES string of the molecule is COc1ccc(CCC(=O)N(Cc2ccc(Cl)cc2Cl)C(Cc2ccccc2)C(=O)NCC(C)C)cc1OC. The molecule has 0 heterocycles. The van der Waals surface area contributed by atoms with Gasteiger partial charge in [-0.05, 0) is 53.3 Å². The van der Waals surface area contributed by atoms with Crippen LogP contribution in [-0.4, -0.2) is 43.5 Å². The smallest absolute Gasteiger partial charge is 0.243 e. The molecule has 0 spiro atoms. The predicted octanol–water partition coefficient (Wildman–Crippen LogP) is 6.36. The molecule has 3 aromatic carbocycles. The summed E-state index contributed by atoms with van der Waals surface area (Å²) in [7, 11) is 3.16. The second-order valence-electron chi connectivity index (χ2n) is 9.79. The number of carbonyl (C=O) groups excluding carboxylic acids is 2. The number of rotatable bonds is 13. The zero-order valence-electron chi connectivity index (χ0n) is 22.9. The molecule has 0 saturated heterocycles. The maximum Gasteiger partial charge on any atom is 0.243 e. The van der Waals surface area contributed by atoms with Crippen molar-refractivity contribution in [2.24, 2.45) is 5.92 Å². The number of ether oxygens (including phenoxy) is 2. The van der Waals surface area contributed by atoms with Gasteiger partial charge in [-0.15, -0.1) is 0 Å². The van der Waals surface area contributed by atoms with Gasteiger partial charge in [0.25, 0.3) is 0 Å². The Morgan fingerprint density at radius 1 is 0.897 bits per heavy atom. The first-order valence-electron chi connectivity index (χ1n) is 13.0. The fraction of sp³-hybridized carbons (Fsp3) is 0.355. The van der Waals surface area contributed by atoms with Crippen LogP contribution in [-0.2, 0) is 29.0 Å². The Morgan fingerprint density at radius 3 is 2.26 bits per heavy atom. The Bertz CT molecular complexity index is 1250. The van der Waals surface area contributed by atoms with Crippen molar-refractivity contribution in [3.63, 3.8) is 0 Å². The van der Waals surface area contributed by atoms with Crippen LogP contribution < -0.4 is 14.8 Å². The van der Waals surface area contributed by atoms with Gasteiger partial charge in [-0.1, -0.05) is 79.5 Å². The van der Waals surface area contributed by atoms with Crippen molar-refractivity contribution in [3.8, 4) is 11.5 Å². The second-order valence-corrected chi connectivity index (χ2v) is 10.6. The van der Waals surface area contributed by atoms with E-state index in [4.69, 9.17) is 32.7 Å². The molecule has 0 aliphatic rings. The van der Waals surface area contributed by atoms with E-state index in [-0.39, 0.29) is 30.7 Å². The van der Waals surface area contributed by atoms with E-state index < -0.39 is 6.04 Å². The highest BCUT2D eigenvalue weighted by atomic mass is 35.5. The summed E-state index contributed by atoms with van der Waals surface area (Å²) >= 11 is 12.6. The Hall–Kier alpha value is -3.22. The average molecular weight is 572 g/mol. The summed E-state index contributed by atoms with van der Waals surface area (Å²) in [4.78, 5) is 29.1. The summed E-state index contributed by atoms with van der Waals surface area (Å²) in [6.45, 7) is 4.75. The van der Waals surface area contributed by atoms with Crippen LogP contribution in [0, 0.1) is 5.92 Å². The zero-order chi connectivity index (χ0) is 28.4. The monoisotopic (exact) mass is 570 g/mol. The molecule has 1 atom stereocenters. The number of nitrogens with one attached hydrogen (secondary N) is 1. The fourth-order valence-corrected chi connectivity index (χ4v) is 4.71. The van der Waals surface area contributed by atoms with Crippen LogP contribution in [0.15, 0.2) is 66.7 Å². The van der Waals surface area contributed by atoms with Crippen molar-refractivity contribution in [2.45, 2.75) is 45.7 Å². The summed E-state index contributed by atoms with van der Waals surface area (Å²) in [5.74, 6) is 1.14. The van der Waals surface area contributed by atoms with E-state index in [0.29, 0.717) is 40.9 Å². The number of amides is 2. The molecule has 0 aliphatic carbocycles. The van der Waals surface area contributed by atoms with E-state index in [0.717, 1.165) is 16.7 Å². The molecule has 1 unspecified atom stereocenters. The van der Waals surface area contributed by atoms with Gasteiger partial charge in [0.1, 0.15) is 6.04 Å². The number of hydrogen-bond acceptors (Lipinski definition) is 4. The largest absolute Gasteiger partial charge is 0.493 e. The summed E-state index contributed by atoms with van der Waals surface area (Å²) in [5, 5.41) is 3.98. The standard InChI is InChI=1S/C31H36Cl2N2O4/c1-21(2)19-34-31(37)27(16-22-8-6-5-7-9-22)35(20-24-12-13-25(32)18-26(24)33)30(36)15-11-23-10-14-28(38-3)29(17-23)39-4/h5-10,12-14,17-18,21,27H,11,15-16,19-20H2,1-4H3,(H,34,37). The van der Waals surface area contributed by atoms with Gasteiger partial charge in [-0.2, -0.15) is 0 Å². The lowest BCUT2D eigenvalue weighted by Crippen LogP contribution is -2.51. The third-order valence-corrected chi connectivity index (χ3v) is 6.97. The highest BCUT2D eigenvalue weighted by molar-refractivity contribution is 6.35. The minimum Gasteiger partial charge on any atom is -0.493 e. The van der Waals surface area contributed by atoms with E-state index in [1.54, 1.807) is 37.3 Å². The van der Waals surface area contributed by atoms with Crippen LogP contribution in [0.3, 0.4) is 0 Å². The van der Waals surface area contributed by atoms with Crippen LogP contribution in [0.1, 0.15) is 37.0 Å². The van der Waals surface area contributed by atoms with E-state index in [1.165, 1.54) is 0 Å². The van der Waals surface area contributed by atoms with E-state index in [1.807, 2.05) is 62.4 Å². The molecular formula is C31H36Cl2N2O4. The van der Waals surface area contributed by atoms with E-state index in [9.17, 15) is 9.59 Å². The Labute approximate surface area is 241 Å². The van der Waals surface area contributed by atoms with E-state index >= 15 is 0 Å². The van der Waals surface area contributed by atoms with Crippen LogP contribution in [0.2, 0.25) is 10.0 Å². The third kappa shape index (κ3) is 8.91. The summed E-state index contributed by atoms with van der Waals surface area (Å²) < 4.78 is 10.7. The Morgan fingerprint density at radius 2 is 1.62 bits per heavy atom. The number of methoxy groups -OCH3 is 2. The minimum absolute atomic E-state index is 0.156. The molecule has 0 saturated carbocycles. The molecule has 208 valence electrons. The van der Waals surface area contributed by atoms with Gasteiger partial charge >= 0.3 is 0 Å². The molecule has 39 heavy (non-hydrogen) atoms. The Balaban J connectivity index is 1.93. The van der Waals surface area contributed by atoms with Crippen LogP contribution >= 0.6 is 23.2 Å². The molecule has 0 aliphatic heterocycles. The minimum atomic E-state index is -0.726. The summed E-state index contributed by atoms with van der Waals surface area (Å²) in [6, 6.07) is 19.8. The van der Waals surface area contributed by atoms with Gasteiger partial charge in [0, 0.05) is 36.0 Å². The van der Waals surface area contributed by atoms with Gasteiger partial charge in [0.15, 0.2) is 11.5 Å². The van der Waals surface area contributed by atoms with Gasteiger partial charge in [0.05, 0.1) is 14.2 Å². The first kappa shape index (κ1) is 30.3. The normalized spacial score (nSPS) is 11.7. The maximum atomic E-state index is 13.9. The molecule has 0 fully saturated rings. The van der Waals surface area contributed by atoms with Crippen LogP contribution in [0.4, 0.5) is 0 Å².